The second-order valence-corrected chi connectivity index (χ2v) is 4.57. The maximum absolute atomic E-state index is 11.8. The van der Waals surface area contributed by atoms with Gasteiger partial charge in [-0.1, -0.05) is 13.8 Å². The first-order chi connectivity index (χ1) is 8.08. The van der Waals surface area contributed by atoms with Gasteiger partial charge in [0.1, 0.15) is 12.1 Å². The normalized spacial score (nSPS) is 24.6. The van der Waals surface area contributed by atoms with Gasteiger partial charge < -0.3 is 15.6 Å². The summed E-state index contributed by atoms with van der Waals surface area (Å²) < 4.78 is 0. The number of imidazole rings is 1. The minimum atomic E-state index is -0.516. The van der Waals surface area contributed by atoms with Crippen LogP contribution in [0.5, 0.6) is 0 Å². The Labute approximate surface area is 99.2 Å². The number of carbonyl (C=O) groups excluding carboxylic acids is 2. The van der Waals surface area contributed by atoms with Crippen LogP contribution in [0.2, 0.25) is 0 Å². The topological polar surface area (TPSA) is 86.9 Å². The van der Waals surface area contributed by atoms with Crippen molar-refractivity contribution in [1.82, 2.24) is 20.6 Å². The van der Waals surface area contributed by atoms with Crippen LogP contribution in [0.1, 0.15) is 19.5 Å². The molecule has 1 aromatic rings. The lowest BCUT2D eigenvalue weighted by Gasteiger charge is -2.31. The van der Waals surface area contributed by atoms with Gasteiger partial charge in [-0.3, -0.25) is 9.59 Å². The first-order valence-electron chi connectivity index (χ1n) is 5.66. The van der Waals surface area contributed by atoms with Crippen molar-refractivity contribution in [3.63, 3.8) is 0 Å². The van der Waals surface area contributed by atoms with Crippen LogP contribution < -0.4 is 10.6 Å². The monoisotopic (exact) mass is 236 g/mol. The number of rotatable bonds is 3. The van der Waals surface area contributed by atoms with Gasteiger partial charge >= 0.3 is 0 Å². The molecule has 0 spiro atoms. The van der Waals surface area contributed by atoms with Crippen molar-refractivity contribution < 1.29 is 9.59 Å². The molecule has 1 aliphatic rings. The van der Waals surface area contributed by atoms with Gasteiger partial charge in [0.25, 0.3) is 0 Å². The molecule has 6 nitrogen and oxygen atoms in total. The SMILES string of the molecule is CC(C)[C@@H]1NC(=O)[C@H](Cc2cnc[nH]2)NC1=O. The van der Waals surface area contributed by atoms with Crippen LogP contribution in [0.25, 0.3) is 0 Å². The molecule has 2 heterocycles. The van der Waals surface area contributed by atoms with Crippen molar-refractivity contribution >= 4 is 11.8 Å². The number of hydrogen-bond donors (Lipinski definition) is 3. The van der Waals surface area contributed by atoms with Crippen molar-refractivity contribution in [3.05, 3.63) is 18.2 Å². The van der Waals surface area contributed by atoms with E-state index in [0.29, 0.717) is 6.42 Å². The molecule has 2 rings (SSSR count). The molecule has 2 amide bonds. The van der Waals surface area contributed by atoms with E-state index in [2.05, 4.69) is 20.6 Å². The minimum absolute atomic E-state index is 0.0899. The standard InChI is InChI=1S/C11H16N4O2/c1-6(2)9-11(17)14-8(10(16)15-9)3-7-4-12-5-13-7/h4-6,8-9H,3H2,1-2H3,(H,12,13)(H,14,17)(H,15,16)/t8-,9-/m0/s1. The van der Waals surface area contributed by atoms with E-state index in [1.165, 1.54) is 0 Å². The first-order valence-corrected chi connectivity index (χ1v) is 5.66. The zero-order valence-electron chi connectivity index (χ0n) is 9.86. The van der Waals surface area contributed by atoms with Crippen molar-refractivity contribution in [1.29, 1.82) is 0 Å². The summed E-state index contributed by atoms with van der Waals surface area (Å²) in [7, 11) is 0. The molecule has 17 heavy (non-hydrogen) atoms. The lowest BCUT2D eigenvalue weighted by atomic mass is 9.98. The molecule has 1 aliphatic heterocycles. The van der Waals surface area contributed by atoms with Crippen LogP contribution in [-0.2, 0) is 16.0 Å². The molecular formula is C11H16N4O2. The molecule has 1 saturated heterocycles. The molecule has 2 atom stereocenters. The number of H-pyrrole nitrogens is 1. The van der Waals surface area contributed by atoms with Gasteiger partial charge in [-0.2, -0.15) is 0 Å². The lowest BCUT2D eigenvalue weighted by Crippen LogP contribution is -2.63. The average molecular weight is 236 g/mol. The van der Waals surface area contributed by atoms with E-state index < -0.39 is 12.1 Å². The molecule has 0 unspecified atom stereocenters. The van der Waals surface area contributed by atoms with Gasteiger partial charge in [-0.15, -0.1) is 0 Å². The second kappa shape index (κ2) is 4.57. The van der Waals surface area contributed by atoms with Crippen LogP contribution in [0.4, 0.5) is 0 Å². The third-order valence-electron chi connectivity index (χ3n) is 2.86. The van der Waals surface area contributed by atoms with Crippen LogP contribution in [0.3, 0.4) is 0 Å². The number of carbonyl (C=O) groups is 2. The van der Waals surface area contributed by atoms with Crippen molar-refractivity contribution in [3.8, 4) is 0 Å². The minimum Gasteiger partial charge on any atom is -0.348 e. The molecule has 0 saturated carbocycles. The Balaban J connectivity index is 2.03. The predicted molar refractivity (Wildman–Crippen MR) is 61.0 cm³/mol. The van der Waals surface area contributed by atoms with E-state index in [1.54, 1.807) is 12.5 Å². The van der Waals surface area contributed by atoms with E-state index in [4.69, 9.17) is 0 Å². The summed E-state index contributed by atoms with van der Waals surface area (Å²) in [6, 6.07) is -0.946. The highest BCUT2D eigenvalue weighted by atomic mass is 16.2. The van der Waals surface area contributed by atoms with Gasteiger partial charge in [0.15, 0.2) is 0 Å². The zero-order chi connectivity index (χ0) is 12.4. The van der Waals surface area contributed by atoms with Crippen LogP contribution >= 0.6 is 0 Å². The molecule has 6 heteroatoms. The molecule has 1 aromatic heterocycles. The summed E-state index contributed by atoms with van der Waals surface area (Å²) in [5.41, 5.74) is 0.827. The van der Waals surface area contributed by atoms with Gasteiger partial charge in [-0.05, 0) is 5.92 Å². The third-order valence-corrected chi connectivity index (χ3v) is 2.86. The number of aromatic nitrogens is 2. The number of hydrogen-bond acceptors (Lipinski definition) is 3. The largest absolute Gasteiger partial charge is 0.348 e. The lowest BCUT2D eigenvalue weighted by molar-refractivity contribution is -0.137. The number of piperazine rings is 1. The van der Waals surface area contributed by atoms with Crippen LogP contribution in [0, 0.1) is 5.92 Å². The fourth-order valence-electron chi connectivity index (χ4n) is 1.88. The Hall–Kier alpha value is -1.85. The van der Waals surface area contributed by atoms with Gasteiger partial charge in [-0.25, -0.2) is 4.98 Å². The summed E-state index contributed by atoms with van der Waals surface area (Å²) in [4.78, 5) is 30.4. The van der Waals surface area contributed by atoms with Gasteiger partial charge in [0.2, 0.25) is 11.8 Å². The second-order valence-electron chi connectivity index (χ2n) is 4.57. The van der Waals surface area contributed by atoms with E-state index in [0.717, 1.165) is 5.69 Å². The summed E-state index contributed by atoms with van der Waals surface area (Å²) in [6.07, 6.45) is 3.63. The zero-order valence-corrected chi connectivity index (χ0v) is 9.86. The Morgan fingerprint density at radius 1 is 1.29 bits per heavy atom. The Morgan fingerprint density at radius 2 is 2.06 bits per heavy atom. The fraction of sp³-hybridized carbons (Fsp3) is 0.545. The average Bonchev–Trinajstić information content (AvgIpc) is 2.75. The summed E-state index contributed by atoms with van der Waals surface area (Å²) >= 11 is 0. The Morgan fingerprint density at radius 3 is 2.65 bits per heavy atom. The Kier molecular flexibility index (Phi) is 3.12. The molecular weight excluding hydrogens is 220 g/mol. The summed E-state index contributed by atoms with van der Waals surface area (Å²) in [5.74, 6) is -0.172. The first kappa shape index (κ1) is 11.6. The number of nitrogens with zero attached hydrogens (tertiary/aromatic N) is 1. The van der Waals surface area contributed by atoms with Crippen LogP contribution in [-0.4, -0.2) is 33.9 Å². The molecule has 0 aliphatic carbocycles. The number of aromatic amines is 1. The highest BCUT2D eigenvalue weighted by molar-refractivity contribution is 5.97. The van der Waals surface area contributed by atoms with Crippen molar-refractivity contribution in [2.75, 3.05) is 0 Å². The van der Waals surface area contributed by atoms with E-state index >= 15 is 0 Å². The highest BCUT2D eigenvalue weighted by Crippen LogP contribution is 2.09. The maximum atomic E-state index is 11.8. The smallest absolute Gasteiger partial charge is 0.243 e. The molecule has 1 fully saturated rings. The maximum Gasteiger partial charge on any atom is 0.243 e. The fourth-order valence-corrected chi connectivity index (χ4v) is 1.88. The summed E-state index contributed by atoms with van der Waals surface area (Å²) in [6.45, 7) is 3.81. The number of nitrogens with one attached hydrogen (secondary N) is 3. The molecule has 0 bridgehead atoms. The van der Waals surface area contributed by atoms with Gasteiger partial charge in [0.05, 0.1) is 6.33 Å². The predicted octanol–water partition coefficient (Wildman–Crippen LogP) is -0.409. The molecule has 92 valence electrons. The van der Waals surface area contributed by atoms with E-state index in [-0.39, 0.29) is 17.7 Å². The Bertz CT molecular complexity index is 413. The molecule has 3 N–H and O–H groups in total. The molecule has 0 radical (unpaired) electrons. The van der Waals surface area contributed by atoms with Crippen LogP contribution in [0.15, 0.2) is 12.5 Å². The summed E-state index contributed by atoms with van der Waals surface area (Å²) in [5, 5.41) is 5.48. The quantitative estimate of drug-likeness (QED) is 0.667. The third kappa shape index (κ3) is 2.46. The highest BCUT2D eigenvalue weighted by Gasteiger charge is 2.35. The van der Waals surface area contributed by atoms with Crippen molar-refractivity contribution in [2.45, 2.75) is 32.4 Å². The van der Waals surface area contributed by atoms with Crippen molar-refractivity contribution in [2.24, 2.45) is 5.92 Å². The number of amides is 2. The van der Waals surface area contributed by atoms with E-state index in [9.17, 15) is 9.59 Å². The van der Waals surface area contributed by atoms with Gasteiger partial charge in [0, 0.05) is 18.3 Å². The van der Waals surface area contributed by atoms with E-state index in [1.807, 2.05) is 13.8 Å². The molecule has 0 aromatic carbocycles.